The molecule has 0 saturated heterocycles. The normalized spacial score (nSPS) is 10.6. The number of benzene rings is 5. The average Bonchev–Trinajstić information content (AvgIpc) is 3.07. The molecule has 10 heteroatoms. The minimum Gasteiger partial charge on any atom is -0.478 e. The Labute approximate surface area is 264 Å². The van der Waals surface area contributed by atoms with Crippen molar-refractivity contribution in [2.45, 2.75) is 13.5 Å². The monoisotopic (exact) mass is 618 g/mol. The maximum atomic E-state index is 13.1. The van der Waals surface area contributed by atoms with Gasteiger partial charge in [0.25, 0.3) is 11.8 Å². The second-order valence-corrected chi connectivity index (χ2v) is 10.3. The Bertz CT molecular complexity index is 1850. The van der Waals surface area contributed by atoms with Gasteiger partial charge in [-0.1, -0.05) is 42.0 Å². The standard InChI is InChI=1S/C36H30N2O8/c1-22-3-11-27(12-4-22)45-28-13-5-23(6-14-28)24-7-15-29(16-8-24)46-30-17-9-26(10-18-30)38-35(40)31-20-32(34(39)37-2)33(36(41)42)19-25(31)21-44-43/h3-20,43H,21H2,1-2H3,(H,37,39)(H,38,40)(H,41,42). The molecule has 0 saturated carbocycles. The molecule has 4 N–H and O–H groups in total. The molecule has 10 nitrogen and oxygen atoms in total. The van der Waals surface area contributed by atoms with Gasteiger partial charge in [-0.3, -0.25) is 14.8 Å². The van der Waals surface area contributed by atoms with Gasteiger partial charge in [0.05, 0.1) is 11.1 Å². The van der Waals surface area contributed by atoms with Gasteiger partial charge in [-0.2, -0.15) is 0 Å². The van der Waals surface area contributed by atoms with E-state index in [9.17, 15) is 19.5 Å². The summed E-state index contributed by atoms with van der Waals surface area (Å²) >= 11 is 0. The summed E-state index contributed by atoms with van der Waals surface area (Å²) < 4.78 is 11.9. The Morgan fingerprint density at radius 2 is 1.11 bits per heavy atom. The molecule has 232 valence electrons. The predicted octanol–water partition coefficient (Wildman–Crippen LogP) is 7.55. The number of rotatable bonds is 11. The van der Waals surface area contributed by atoms with Crippen LogP contribution in [-0.4, -0.2) is 35.2 Å². The van der Waals surface area contributed by atoms with Gasteiger partial charge in [0, 0.05) is 18.3 Å². The first kappa shape index (κ1) is 31.5. The van der Waals surface area contributed by atoms with Crippen LogP contribution < -0.4 is 20.1 Å². The SMILES string of the molecule is CNC(=O)c1cc(C(=O)Nc2ccc(Oc3ccc(-c4ccc(Oc5ccc(C)cc5)cc4)cc3)cc2)c(COO)cc1C(=O)O. The number of hydrogen-bond acceptors (Lipinski definition) is 7. The lowest BCUT2D eigenvalue weighted by atomic mass is 9.97. The van der Waals surface area contributed by atoms with Crippen LogP contribution in [0.15, 0.2) is 109 Å². The van der Waals surface area contributed by atoms with E-state index in [2.05, 4.69) is 15.5 Å². The van der Waals surface area contributed by atoms with E-state index in [4.69, 9.17) is 14.7 Å². The second kappa shape index (κ2) is 14.2. The molecule has 0 aromatic heterocycles. The van der Waals surface area contributed by atoms with E-state index < -0.39 is 24.4 Å². The molecule has 0 atom stereocenters. The van der Waals surface area contributed by atoms with Crippen molar-refractivity contribution in [2.24, 2.45) is 0 Å². The smallest absolute Gasteiger partial charge is 0.336 e. The molecular formula is C36H30N2O8. The van der Waals surface area contributed by atoms with Gasteiger partial charge in [-0.05, 0) is 96.4 Å². The molecule has 2 amide bonds. The van der Waals surface area contributed by atoms with Crippen LogP contribution in [0.2, 0.25) is 0 Å². The van der Waals surface area contributed by atoms with Crippen LogP contribution in [0, 0.1) is 6.92 Å². The van der Waals surface area contributed by atoms with Crippen LogP contribution in [-0.2, 0) is 11.5 Å². The van der Waals surface area contributed by atoms with Gasteiger partial charge in [-0.15, -0.1) is 0 Å². The Balaban J connectivity index is 1.23. The van der Waals surface area contributed by atoms with E-state index in [0.29, 0.717) is 17.2 Å². The molecule has 0 spiro atoms. The van der Waals surface area contributed by atoms with E-state index in [1.165, 1.54) is 12.6 Å². The molecule has 0 radical (unpaired) electrons. The summed E-state index contributed by atoms with van der Waals surface area (Å²) in [4.78, 5) is 41.3. The zero-order valence-electron chi connectivity index (χ0n) is 24.9. The van der Waals surface area contributed by atoms with Crippen molar-refractivity contribution in [3.8, 4) is 34.1 Å². The highest BCUT2D eigenvalue weighted by Gasteiger charge is 2.23. The molecule has 5 rings (SSSR count). The number of aromatic carboxylic acids is 1. The van der Waals surface area contributed by atoms with E-state index in [-0.39, 0.29) is 22.3 Å². The molecule has 0 unspecified atom stereocenters. The molecule has 0 aliphatic heterocycles. The first-order chi connectivity index (χ1) is 22.2. The van der Waals surface area contributed by atoms with Crippen LogP contribution in [0.25, 0.3) is 11.1 Å². The van der Waals surface area contributed by atoms with Gasteiger partial charge >= 0.3 is 5.97 Å². The lowest BCUT2D eigenvalue weighted by Crippen LogP contribution is -2.24. The molecule has 0 aliphatic carbocycles. The van der Waals surface area contributed by atoms with Crippen LogP contribution in [0.5, 0.6) is 23.0 Å². The Kier molecular flexibility index (Phi) is 9.72. The minimum atomic E-state index is -1.37. The zero-order valence-corrected chi connectivity index (χ0v) is 24.9. The van der Waals surface area contributed by atoms with Crippen LogP contribution >= 0.6 is 0 Å². The Morgan fingerprint density at radius 3 is 1.57 bits per heavy atom. The number of carbonyl (C=O) groups is 3. The van der Waals surface area contributed by atoms with Crippen molar-refractivity contribution in [3.05, 3.63) is 137 Å². The third-order valence-corrected chi connectivity index (χ3v) is 7.06. The number of hydrogen-bond donors (Lipinski definition) is 4. The van der Waals surface area contributed by atoms with Crippen molar-refractivity contribution < 1.29 is 39.1 Å². The summed E-state index contributed by atoms with van der Waals surface area (Å²) in [5.41, 5.74) is 3.13. The summed E-state index contributed by atoms with van der Waals surface area (Å²) in [7, 11) is 1.35. The predicted molar refractivity (Wildman–Crippen MR) is 172 cm³/mol. The number of carboxylic acids is 1. The lowest BCUT2D eigenvalue weighted by molar-refractivity contribution is -0.253. The third kappa shape index (κ3) is 7.56. The van der Waals surface area contributed by atoms with Crippen LogP contribution in [0.4, 0.5) is 5.69 Å². The number of aryl methyl sites for hydroxylation is 1. The van der Waals surface area contributed by atoms with Crippen molar-refractivity contribution >= 4 is 23.5 Å². The minimum absolute atomic E-state index is 0.0356. The van der Waals surface area contributed by atoms with Crippen LogP contribution in [0.1, 0.15) is 42.2 Å². The quantitative estimate of drug-likeness (QED) is 0.0878. The molecule has 0 bridgehead atoms. The van der Waals surface area contributed by atoms with Crippen molar-refractivity contribution in [3.63, 3.8) is 0 Å². The fourth-order valence-electron chi connectivity index (χ4n) is 4.66. The molecule has 5 aromatic rings. The van der Waals surface area contributed by atoms with E-state index in [0.717, 1.165) is 34.8 Å². The van der Waals surface area contributed by atoms with Gasteiger partial charge < -0.3 is 25.2 Å². The Hall–Kier alpha value is -5.97. The fraction of sp³-hybridized carbons (Fsp3) is 0.0833. The highest BCUT2D eigenvalue weighted by molar-refractivity contribution is 6.10. The number of carboxylic acid groups (broad SMARTS) is 1. The largest absolute Gasteiger partial charge is 0.478 e. The number of amides is 2. The van der Waals surface area contributed by atoms with Gasteiger partial charge in [0.15, 0.2) is 0 Å². The third-order valence-electron chi connectivity index (χ3n) is 7.06. The fourth-order valence-corrected chi connectivity index (χ4v) is 4.66. The molecule has 46 heavy (non-hydrogen) atoms. The second-order valence-electron chi connectivity index (χ2n) is 10.3. The molecule has 0 aliphatic rings. The van der Waals surface area contributed by atoms with Crippen LogP contribution in [0.3, 0.4) is 0 Å². The summed E-state index contributed by atoms with van der Waals surface area (Å²) in [5.74, 6) is -0.00248. The maximum absolute atomic E-state index is 13.1. The van der Waals surface area contributed by atoms with E-state index >= 15 is 0 Å². The maximum Gasteiger partial charge on any atom is 0.336 e. The van der Waals surface area contributed by atoms with E-state index in [1.807, 2.05) is 79.7 Å². The molecule has 0 fully saturated rings. The number of ether oxygens (including phenoxy) is 2. The summed E-state index contributed by atoms with van der Waals surface area (Å²) in [6.45, 7) is 1.57. The molecule has 0 heterocycles. The van der Waals surface area contributed by atoms with E-state index in [1.54, 1.807) is 24.3 Å². The van der Waals surface area contributed by atoms with Crippen molar-refractivity contribution in [2.75, 3.05) is 12.4 Å². The van der Waals surface area contributed by atoms with Gasteiger partial charge in [0.2, 0.25) is 0 Å². The summed E-state index contributed by atoms with van der Waals surface area (Å²) in [5, 5.41) is 23.6. The van der Waals surface area contributed by atoms with Crippen molar-refractivity contribution in [1.82, 2.24) is 5.32 Å². The number of anilines is 1. The highest BCUT2D eigenvalue weighted by Crippen LogP contribution is 2.29. The number of nitrogens with one attached hydrogen (secondary N) is 2. The zero-order chi connectivity index (χ0) is 32.6. The molecular weight excluding hydrogens is 588 g/mol. The van der Waals surface area contributed by atoms with Gasteiger partial charge in [-0.25, -0.2) is 9.68 Å². The first-order valence-corrected chi connectivity index (χ1v) is 14.2. The Morgan fingerprint density at radius 1 is 0.630 bits per heavy atom. The van der Waals surface area contributed by atoms with Crippen molar-refractivity contribution in [1.29, 1.82) is 0 Å². The highest BCUT2D eigenvalue weighted by atomic mass is 17.1. The van der Waals surface area contributed by atoms with Gasteiger partial charge in [0.1, 0.15) is 29.6 Å². The topological polar surface area (TPSA) is 143 Å². The summed E-state index contributed by atoms with van der Waals surface area (Å²) in [6.07, 6.45) is 0. The molecule has 5 aromatic carbocycles. The number of carbonyl (C=O) groups excluding carboxylic acids is 2. The lowest BCUT2D eigenvalue weighted by Gasteiger charge is -2.14. The average molecular weight is 619 g/mol. The summed E-state index contributed by atoms with van der Waals surface area (Å²) in [6, 6.07) is 32.2. The first-order valence-electron chi connectivity index (χ1n) is 14.2.